The van der Waals surface area contributed by atoms with Crippen LogP contribution < -0.4 is 0 Å². The van der Waals surface area contributed by atoms with Gasteiger partial charge in [-0.3, -0.25) is 4.99 Å². The van der Waals surface area contributed by atoms with E-state index in [4.69, 9.17) is 23.2 Å². The summed E-state index contributed by atoms with van der Waals surface area (Å²) >= 11 is 15.3. The van der Waals surface area contributed by atoms with Crippen molar-refractivity contribution in [2.75, 3.05) is 0 Å². The molecule has 22 heavy (non-hydrogen) atoms. The maximum absolute atomic E-state index is 5.98. The van der Waals surface area contributed by atoms with Crippen molar-refractivity contribution in [2.45, 2.75) is 0 Å². The number of halogens is 3. The molecule has 0 amide bonds. The lowest BCUT2D eigenvalue weighted by Gasteiger charge is -2.01. The van der Waals surface area contributed by atoms with E-state index in [1.807, 2.05) is 53.4 Å². The van der Waals surface area contributed by atoms with Crippen LogP contribution in [0, 0.1) is 0 Å². The number of hydrogen-bond donors (Lipinski definition) is 0. The molecule has 2 aromatic carbocycles. The number of hydrogen-bond acceptors (Lipinski definition) is 1. The predicted octanol–water partition coefficient (Wildman–Crippen LogP) is 6.30. The van der Waals surface area contributed by atoms with Gasteiger partial charge >= 0.3 is 0 Å². The lowest BCUT2D eigenvalue weighted by atomic mass is 10.3. The summed E-state index contributed by atoms with van der Waals surface area (Å²) < 4.78 is 3.10. The predicted molar refractivity (Wildman–Crippen MR) is 97.2 cm³/mol. The third kappa shape index (κ3) is 3.61. The maximum Gasteiger partial charge on any atom is 0.0645 e. The lowest BCUT2D eigenvalue weighted by Crippen LogP contribution is -1.88. The SMILES string of the molecule is Clc1ccc(N=Cc2ccn(-c3ccc(Br)cc3)c2)cc1Cl. The number of benzene rings is 2. The van der Waals surface area contributed by atoms with E-state index in [0.29, 0.717) is 10.0 Å². The van der Waals surface area contributed by atoms with Gasteiger partial charge in [0.2, 0.25) is 0 Å². The Bertz CT molecular complexity index is 823. The number of nitrogens with zero attached hydrogens (tertiary/aromatic N) is 2. The molecular formula is C17H11BrCl2N2. The van der Waals surface area contributed by atoms with E-state index in [0.717, 1.165) is 21.4 Å². The second kappa shape index (κ2) is 6.69. The highest BCUT2D eigenvalue weighted by atomic mass is 79.9. The fraction of sp³-hybridized carbons (Fsp3) is 0. The summed E-state index contributed by atoms with van der Waals surface area (Å²) in [5.74, 6) is 0. The minimum absolute atomic E-state index is 0.503. The van der Waals surface area contributed by atoms with Gasteiger partial charge in [0, 0.05) is 34.3 Å². The van der Waals surface area contributed by atoms with Crippen molar-refractivity contribution in [3.8, 4) is 5.69 Å². The molecule has 1 heterocycles. The van der Waals surface area contributed by atoms with E-state index in [1.54, 1.807) is 18.3 Å². The largest absolute Gasteiger partial charge is 0.323 e. The molecule has 110 valence electrons. The Labute approximate surface area is 147 Å². The van der Waals surface area contributed by atoms with Crippen molar-refractivity contribution in [1.29, 1.82) is 0 Å². The van der Waals surface area contributed by atoms with Crippen LogP contribution >= 0.6 is 39.1 Å². The van der Waals surface area contributed by atoms with Crippen molar-refractivity contribution >= 4 is 51.0 Å². The molecule has 0 aliphatic heterocycles. The van der Waals surface area contributed by atoms with Crippen LogP contribution in [0.25, 0.3) is 5.69 Å². The van der Waals surface area contributed by atoms with Gasteiger partial charge in [0.1, 0.15) is 0 Å². The van der Waals surface area contributed by atoms with Crippen LogP contribution in [-0.4, -0.2) is 10.8 Å². The molecule has 0 fully saturated rings. The Morgan fingerprint density at radius 1 is 0.955 bits per heavy atom. The van der Waals surface area contributed by atoms with Gasteiger partial charge in [-0.25, -0.2) is 0 Å². The molecule has 0 N–H and O–H groups in total. The molecule has 0 spiro atoms. The van der Waals surface area contributed by atoms with Gasteiger partial charge in [-0.2, -0.15) is 0 Å². The first kappa shape index (κ1) is 15.3. The average molecular weight is 394 g/mol. The van der Waals surface area contributed by atoms with Gasteiger partial charge in [0.15, 0.2) is 0 Å². The molecule has 3 rings (SSSR count). The van der Waals surface area contributed by atoms with Gasteiger partial charge in [-0.15, -0.1) is 0 Å². The average Bonchev–Trinajstić information content (AvgIpc) is 2.98. The van der Waals surface area contributed by atoms with Crippen LogP contribution in [0.4, 0.5) is 5.69 Å². The molecule has 0 aliphatic carbocycles. The summed E-state index contributed by atoms with van der Waals surface area (Å²) in [5, 5.41) is 1.03. The second-order valence-electron chi connectivity index (χ2n) is 4.69. The third-order valence-electron chi connectivity index (χ3n) is 3.11. The Morgan fingerprint density at radius 2 is 1.73 bits per heavy atom. The van der Waals surface area contributed by atoms with Crippen molar-refractivity contribution in [2.24, 2.45) is 4.99 Å². The van der Waals surface area contributed by atoms with Gasteiger partial charge in [0.25, 0.3) is 0 Å². The van der Waals surface area contributed by atoms with E-state index in [1.165, 1.54) is 0 Å². The molecule has 0 bridgehead atoms. The summed E-state index contributed by atoms with van der Waals surface area (Å²) in [4.78, 5) is 4.41. The molecule has 3 aromatic rings. The number of aromatic nitrogens is 1. The Morgan fingerprint density at radius 3 is 2.45 bits per heavy atom. The first-order valence-electron chi connectivity index (χ1n) is 6.55. The highest BCUT2D eigenvalue weighted by molar-refractivity contribution is 9.10. The Balaban J connectivity index is 1.80. The highest BCUT2D eigenvalue weighted by Crippen LogP contribution is 2.26. The lowest BCUT2D eigenvalue weighted by molar-refractivity contribution is 1.08. The summed E-state index contributed by atoms with van der Waals surface area (Å²) in [6, 6.07) is 15.4. The van der Waals surface area contributed by atoms with Crippen LogP contribution in [-0.2, 0) is 0 Å². The molecule has 5 heteroatoms. The van der Waals surface area contributed by atoms with Gasteiger partial charge in [-0.1, -0.05) is 39.1 Å². The minimum atomic E-state index is 0.503. The molecule has 1 aromatic heterocycles. The Kier molecular flexibility index (Phi) is 4.67. The summed E-state index contributed by atoms with van der Waals surface area (Å²) in [5.41, 5.74) is 2.87. The smallest absolute Gasteiger partial charge is 0.0645 e. The van der Waals surface area contributed by atoms with E-state index in [2.05, 4.69) is 20.9 Å². The van der Waals surface area contributed by atoms with Crippen molar-refractivity contribution in [1.82, 2.24) is 4.57 Å². The fourth-order valence-electron chi connectivity index (χ4n) is 1.98. The van der Waals surface area contributed by atoms with E-state index < -0.39 is 0 Å². The molecule has 0 saturated heterocycles. The monoisotopic (exact) mass is 392 g/mol. The zero-order chi connectivity index (χ0) is 15.5. The first-order valence-corrected chi connectivity index (χ1v) is 8.10. The van der Waals surface area contributed by atoms with Crippen LogP contribution in [0.15, 0.2) is 70.4 Å². The van der Waals surface area contributed by atoms with Crippen molar-refractivity contribution in [3.63, 3.8) is 0 Å². The summed E-state index contributed by atoms with van der Waals surface area (Å²) in [7, 11) is 0. The Hall–Kier alpha value is -1.55. The third-order valence-corrected chi connectivity index (χ3v) is 4.37. The quantitative estimate of drug-likeness (QED) is 0.464. The van der Waals surface area contributed by atoms with Gasteiger partial charge in [0.05, 0.1) is 15.7 Å². The topological polar surface area (TPSA) is 17.3 Å². The minimum Gasteiger partial charge on any atom is -0.323 e. The van der Waals surface area contributed by atoms with E-state index >= 15 is 0 Å². The number of aliphatic imine (C=N–C) groups is 1. The zero-order valence-corrected chi connectivity index (χ0v) is 14.5. The van der Waals surface area contributed by atoms with Crippen LogP contribution in [0.1, 0.15) is 5.56 Å². The van der Waals surface area contributed by atoms with Gasteiger partial charge < -0.3 is 4.57 Å². The van der Waals surface area contributed by atoms with Crippen LogP contribution in [0.3, 0.4) is 0 Å². The fourth-order valence-corrected chi connectivity index (χ4v) is 2.53. The second-order valence-corrected chi connectivity index (χ2v) is 6.42. The van der Waals surface area contributed by atoms with Crippen molar-refractivity contribution in [3.05, 3.63) is 81.0 Å². The molecular weight excluding hydrogens is 383 g/mol. The van der Waals surface area contributed by atoms with Crippen molar-refractivity contribution < 1.29 is 0 Å². The van der Waals surface area contributed by atoms with Crippen LogP contribution in [0.5, 0.6) is 0 Å². The maximum atomic E-state index is 5.98. The van der Waals surface area contributed by atoms with Crippen LogP contribution in [0.2, 0.25) is 10.0 Å². The standard InChI is InChI=1S/C17H11BrCl2N2/c18-13-1-4-15(5-2-13)22-8-7-12(11-22)10-21-14-3-6-16(19)17(20)9-14/h1-11H. The highest BCUT2D eigenvalue weighted by Gasteiger charge is 1.99. The van der Waals surface area contributed by atoms with Gasteiger partial charge in [-0.05, 0) is 48.5 Å². The summed E-state index contributed by atoms with van der Waals surface area (Å²) in [6.45, 7) is 0. The zero-order valence-electron chi connectivity index (χ0n) is 11.4. The normalized spacial score (nSPS) is 11.2. The summed E-state index contributed by atoms with van der Waals surface area (Å²) in [6.07, 6.45) is 5.82. The molecule has 2 nitrogen and oxygen atoms in total. The molecule has 0 unspecified atom stereocenters. The molecule has 0 saturated carbocycles. The number of rotatable bonds is 3. The van der Waals surface area contributed by atoms with E-state index in [9.17, 15) is 0 Å². The molecule has 0 aliphatic rings. The first-order chi connectivity index (χ1) is 10.6. The molecule has 0 radical (unpaired) electrons. The molecule has 0 atom stereocenters. The van der Waals surface area contributed by atoms with E-state index in [-0.39, 0.29) is 0 Å².